The zero-order valence-electron chi connectivity index (χ0n) is 9.90. The van der Waals surface area contributed by atoms with Gasteiger partial charge >= 0.3 is 0 Å². The van der Waals surface area contributed by atoms with Crippen molar-refractivity contribution in [3.63, 3.8) is 0 Å². The molecule has 0 saturated carbocycles. The summed E-state index contributed by atoms with van der Waals surface area (Å²) in [4.78, 5) is 10.2. The molecule has 17 heavy (non-hydrogen) atoms. The van der Waals surface area contributed by atoms with Gasteiger partial charge in [0.05, 0.1) is 0 Å². The molecule has 1 atom stereocenters. The molecule has 0 aliphatic carbocycles. The Balaban J connectivity index is 0.00000144. The summed E-state index contributed by atoms with van der Waals surface area (Å²) in [7, 11) is 2.04. The lowest BCUT2D eigenvalue weighted by Crippen LogP contribution is -2.42. The molecule has 0 radical (unpaired) electrons. The van der Waals surface area contributed by atoms with Crippen molar-refractivity contribution in [1.29, 1.82) is 0 Å². The van der Waals surface area contributed by atoms with Gasteiger partial charge in [0.2, 0.25) is 5.28 Å². The molecular formula is C11H18Cl2N4. The van der Waals surface area contributed by atoms with Crippen LogP contribution in [0.4, 0.5) is 5.82 Å². The largest absolute Gasteiger partial charge is 0.358 e. The van der Waals surface area contributed by atoms with Crippen molar-refractivity contribution >= 4 is 29.8 Å². The van der Waals surface area contributed by atoms with Crippen molar-refractivity contribution in [3.05, 3.63) is 17.5 Å². The molecule has 1 N–H and O–H groups in total. The van der Waals surface area contributed by atoms with E-state index in [1.807, 2.05) is 13.1 Å². The van der Waals surface area contributed by atoms with E-state index in [2.05, 4.69) is 20.2 Å². The highest BCUT2D eigenvalue weighted by Crippen LogP contribution is 2.13. The van der Waals surface area contributed by atoms with Gasteiger partial charge in [-0.15, -0.1) is 12.4 Å². The molecule has 1 aliphatic rings. The monoisotopic (exact) mass is 276 g/mol. The second-order valence-electron chi connectivity index (χ2n) is 4.21. The Morgan fingerprint density at radius 3 is 3.00 bits per heavy atom. The average Bonchev–Trinajstić information content (AvgIpc) is 2.30. The lowest BCUT2D eigenvalue weighted by molar-refractivity contribution is 0.403. The van der Waals surface area contributed by atoms with Gasteiger partial charge in [-0.25, -0.2) is 9.97 Å². The first kappa shape index (κ1) is 14.5. The third-order valence-corrected chi connectivity index (χ3v) is 3.09. The van der Waals surface area contributed by atoms with E-state index in [4.69, 9.17) is 11.6 Å². The Morgan fingerprint density at radius 2 is 2.35 bits per heavy atom. The maximum atomic E-state index is 5.77. The SMILES string of the molecule is CN(CC1CCCCN1)c1ccnc(Cl)n1.Cl. The predicted octanol–water partition coefficient (Wildman–Crippen LogP) is 2.13. The van der Waals surface area contributed by atoms with E-state index in [1.54, 1.807) is 6.20 Å². The Morgan fingerprint density at radius 1 is 1.53 bits per heavy atom. The minimum Gasteiger partial charge on any atom is -0.358 e. The quantitative estimate of drug-likeness (QED) is 0.859. The van der Waals surface area contributed by atoms with Gasteiger partial charge in [-0.2, -0.15) is 0 Å². The van der Waals surface area contributed by atoms with Crippen molar-refractivity contribution in [2.75, 3.05) is 25.0 Å². The smallest absolute Gasteiger partial charge is 0.224 e. The van der Waals surface area contributed by atoms with Gasteiger partial charge in [-0.3, -0.25) is 0 Å². The molecule has 1 saturated heterocycles. The van der Waals surface area contributed by atoms with E-state index in [9.17, 15) is 0 Å². The van der Waals surface area contributed by atoms with Gasteiger partial charge in [0.25, 0.3) is 0 Å². The lowest BCUT2D eigenvalue weighted by Gasteiger charge is -2.28. The predicted molar refractivity (Wildman–Crippen MR) is 73.2 cm³/mol. The molecule has 0 bridgehead atoms. The molecule has 2 rings (SSSR count). The number of halogens is 2. The normalized spacial score (nSPS) is 19.5. The molecule has 2 heterocycles. The van der Waals surface area contributed by atoms with Crippen molar-refractivity contribution in [1.82, 2.24) is 15.3 Å². The molecule has 1 unspecified atom stereocenters. The number of nitrogens with one attached hydrogen (secondary N) is 1. The van der Waals surface area contributed by atoms with Crippen molar-refractivity contribution in [2.45, 2.75) is 25.3 Å². The van der Waals surface area contributed by atoms with E-state index < -0.39 is 0 Å². The van der Waals surface area contributed by atoms with E-state index >= 15 is 0 Å². The molecule has 1 aliphatic heterocycles. The maximum absolute atomic E-state index is 5.77. The van der Waals surface area contributed by atoms with Crippen LogP contribution >= 0.6 is 24.0 Å². The van der Waals surface area contributed by atoms with Crippen LogP contribution in [0, 0.1) is 0 Å². The highest BCUT2D eigenvalue weighted by Gasteiger charge is 2.15. The van der Waals surface area contributed by atoms with Crippen LogP contribution in [0.3, 0.4) is 0 Å². The molecule has 0 amide bonds. The number of nitrogens with zero attached hydrogens (tertiary/aromatic N) is 3. The fourth-order valence-electron chi connectivity index (χ4n) is 2.04. The van der Waals surface area contributed by atoms with Crippen molar-refractivity contribution in [3.8, 4) is 0 Å². The van der Waals surface area contributed by atoms with E-state index in [-0.39, 0.29) is 12.4 Å². The highest BCUT2D eigenvalue weighted by molar-refractivity contribution is 6.28. The summed E-state index contributed by atoms with van der Waals surface area (Å²) in [5.74, 6) is 0.882. The van der Waals surface area contributed by atoms with Crippen LogP contribution in [0.2, 0.25) is 5.28 Å². The van der Waals surface area contributed by atoms with Gasteiger partial charge in [-0.05, 0) is 37.1 Å². The number of aromatic nitrogens is 2. The van der Waals surface area contributed by atoms with Crippen LogP contribution < -0.4 is 10.2 Å². The first-order chi connectivity index (χ1) is 7.75. The minimum atomic E-state index is 0. The molecule has 1 aromatic heterocycles. The van der Waals surface area contributed by atoms with Crippen molar-refractivity contribution in [2.24, 2.45) is 0 Å². The van der Waals surface area contributed by atoms with E-state index in [0.717, 1.165) is 18.9 Å². The topological polar surface area (TPSA) is 41.0 Å². The second kappa shape index (κ2) is 6.99. The van der Waals surface area contributed by atoms with Crippen LogP contribution in [0.1, 0.15) is 19.3 Å². The summed E-state index contributed by atoms with van der Waals surface area (Å²) in [5, 5.41) is 3.82. The Hall–Kier alpha value is -0.580. The van der Waals surface area contributed by atoms with Gasteiger partial charge in [-0.1, -0.05) is 6.42 Å². The summed E-state index contributed by atoms with van der Waals surface area (Å²) in [5.41, 5.74) is 0. The van der Waals surface area contributed by atoms with Crippen LogP contribution in [-0.2, 0) is 0 Å². The fraction of sp³-hybridized carbons (Fsp3) is 0.636. The molecule has 4 nitrogen and oxygen atoms in total. The molecule has 1 fully saturated rings. The van der Waals surface area contributed by atoms with Crippen LogP contribution in [0.25, 0.3) is 0 Å². The Kier molecular flexibility index (Phi) is 5.95. The Bertz CT molecular complexity index is 342. The zero-order chi connectivity index (χ0) is 11.4. The number of likely N-dealkylation sites (N-methyl/N-ethyl adjacent to an activating group) is 1. The minimum absolute atomic E-state index is 0. The third kappa shape index (κ3) is 4.30. The van der Waals surface area contributed by atoms with E-state index in [1.165, 1.54) is 19.3 Å². The number of anilines is 1. The molecule has 96 valence electrons. The standard InChI is InChI=1S/C11H17ClN4.ClH/c1-16(8-9-4-2-3-6-13-9)10-5-7-14-11(12)15-10;/h5,7,9,13H,2-4,6,8H2,1H3;1H. The molecular weight excluding hydrogens is 259 g/mol. The second-order valence-corrected chi connectivity index (χ2v) is 4.55. The van der Waals surface area contributed by atoms with Crippen molar-refractivity contribution < 1.29 is 0 Å². The van der Waals surface area contributed by atoms with Crippen LogP contribution in [0.15, 0.2) is 12.3 Å². The summed E-state index contributed by atoms with van der Waals surface area (Å²) >= 11 is 5.77. The molecule has 0 aromatic carbocycles. The third-order valence-electron chi connectivity index (χ3n) is 2.91. The number of hydrogen-bond donors (Lipinski definition) is 1. The van der Waals surface area contributed by atoms with E-state index in [0.29, 0.717) is 11.3 Å². The summed E-state index contributed by atoms with van der Waals surface area (Å²) in [6, 6.07) is 2.45. The summed E-state index contributed by atoms with van der Waals surface area (Å²) in [6.07, 6.45) is 5.54. The fourth-order valence-corrected chi connectivity index (χ4v) is 2.19. The van der Waals surface area contributed by atoms with Crippen LogP contribution in [0.5, 0.6) is 0 Å². The highest BCUT2D eigenvalue weighted by atomic mass is 35.5. The van der Waals surface area contributed by atoms with Crippen LogP contribution in [-0.4, -0.2) is 36.1 Å². The van der Waals surface area contributed by atoms with Gasteiger partial charge in [0, 0.05) is 25.8 Å². The van der Waals surface area contributed by atoms with Gasteiger partial charge in [0.15, 0.2) is 0 Å². The summed E-state index contributed by atoms with van der Waals surface area (Å²) < 4.78 is 0. The molecule has 0 spiro atoms. The summed E-state index contributed by atoms with van der Waals surface area (Å²) in [6.45, 7) is 2.09. The molecule has 1 aromatic rings. The molecule has 6 heteroatoms. The maximum Gasteiger partial charge on any atom is 0.224 e. The number of piperidine rings is 1. The first-order valence-corrected chi connectivity index (χ1v) is 6.06. The lowest BCUT2D eigenvalue weighted by atomic mass is 10.0. The number of rotatable bonds is 3. The van der Waals surface area contributed by atoms with Gasteiger partial charge in [0.1, 0.15) is 5.82 Å². The first-order valence-electron chi connectivity index (χ1n) is 5.69. The zero-order valence-corrected chi connectivity index (χ0v) is 11.5. The Labute approximate surface area is 113 Å². The number of hydrogen-bond acceptors (Lipinski definition) is 4. The van der Waals surface area contributed by atoms with Gasteiger partial charge < -0.3 is 10.2 Å². The average molecular weight is 277 g/mol.